The first-order valence-corrected chi connectivity index (χ1v) is 9.13. The molecule has 1 aromatic heterocycles. The Labute approximate surface area is 178 Å². The molecule has 1 aliphatic rings. The van der Waals surface area contributed by atoms with E-state index in [4.69, 9.17) is 9.47 Å². The maximum Gasteiger partial charge on any atom is 0.409 e. The number of guanidine groups is 1. The maximum absolute atomic E-state index is 11.8. The van der Waals surface area contributed by atoms with Gasteiger partial charge in [-0.2, -0.15) is 0 Å². The van der Waals surface area contributed by atoms with Crippen LogP contribution in [-0.2, 0) is 11.3 Å². The number of pyridine rings is 1. The van der Waals surface area contributed by atoms with E-state index in [2.05, 4.69) is 27.1 Å². The highest BCUT2D eigenvalue weighted by Crippen LogP contribution is 2.09. The standard InChI is InChI=1S/C18H29N5O3.HI/c1-4-12-26-16-7-6-15(13-20-16)14-21-17(19-3)22-8-10-23(11-9-22)18(24)25-5-2;/h6-7,13H,4-5,8-12,14H2,1-3H3,(H,19,21);1H. The van der Waals surface area contributed by atoms with E-state index in [0.29, 0.717) is 38.7 Å². The molecule has 9 heteroatoms. The number of ether oxygens (including phenoxy) is 2. The highest BCUT2D eigenvalue weighted by Gasteiger charge is 2.23. The molecule has 0 spiro atoms. The van der Waals surface area contributed by atoms with Gasteiger partial charge in [-0.3, -0.25) is 4.99 Å². The average molecular weight is 491 g/mol. The molecule has 152 valence electrons. The molecule has 1 saturated heterocycles. The van der Waals surface area contributed by atoms with Crippen molar-refractivity contribution in [1.82, 2.24) is 20.1 Å². The Balaban J connectivity index is 0.00000364. The third kappa shape index (κ3) is 7.39. The Morgan fingerprint density at radius 2 is 1.93 bits per heavy atom. The van der Waals surface area contributed by atoms with Crippen molar-refractivity contribution in [1.29, 1.82) is 0 Å². The van der Waals surface area contributed by atoms with E-state index in [1.54, 1.807) is 11.9 Å². The SMILES string of the molecule is CCCOc1ccc(CNC(=NC)N2CCN(C(=O)OCC)CC2)cn1.I. The van der Waals surface area contributed by atoms with Crippen molar-refractivity contribution in [2.45, 2.75) is 26.8 Å². The molecule has 0 unspecified atom stereocenters. The van der Waals surface area contributed by atoms with Gasteiger partial charge in [0.2, 0.25) is 5.88 Å². The number of nitrogens with one attached hydrogen (secondary N) is 1. The summed E-state index contributed by atoms with van der Waals surface area (Å²) in [6, 6.07) is 3.88. The van der Waals surface area contributed by atoms with Crippen LogP contribution in [0.25, 0.3) is 0 Å². The molecule has 1 fully saturated rings. The van der Waals surface area contributed by atoms with Crippen LogP contribution in [0.2, 0.25) is 0 Å². The molecule has 1 N–H and O–H groups in total. The van der Waals surface area contributed by atoms with E-state index in [0.717, 1.165) is 31.0 Å². The summed E-state index contributed by atoms with van der Waals surface area (Å²) >= 11 is 0. The summed E-state index contributed by atoms with van der Waals surface area (Å²) in [5.41, 5.74) is 1.06. The Bertz CT molecular complexity index is 589. The third-order valence-corrected chi connectivity index (χ3v) is 4.02. The van der Waals surface area contributed by atoms with Crippen molar-refractivity contribution in [3.05, 3.63) is 23.9 Å². The number of hydrogen-bond donors (Lipinski definition) is 1. The quantitative estimate of drug-likeness (QED) is 0.374. The summed E-state index contributed by atoms with van der Waals surface area (Å²) in [5, 5.41) is 3.35. The molecule has 2 rings (SSSR count). The van der Waals surface area contributed by atoms with Crippen LogP contribution in [-0.4, -0.2) is 73.3 Å². The van der Waals surface area contributed by atoms with Gasteiger partial charge in [0.25, 0.3) is 0 Å². The van der Waals surface area contributed by atoms with Gasteiger partial charge in [0, 0.05) is 52.0 Å². The van der Waals surface area contributed by atoms with Crippen molar-refractivity contribution in [2.75, 3.05) is 46.4 Å². The summed E-state index contributed by atoms with van der Waals surface area (Å²) in [6.07, 6.45) is 2.53. The minimum absolute atomic E-state index is 0. The number of rotatable bonds is 6. The largest absolute Gasteiger partial charge is 0.478 e. The minimum atomic E-state index is -0.244. The van der Waals surface area contributed by atoms with Crippen LogP contribution in [0.5, 0.6) is 5.88 Å². The molecule has 0 saturated carbocycles. The summed E-state index contributed by atoms with van der Waals surface area (Å²) < 4.78 is 10.5. The lowest BCUT2D eigenvalue weighted by atomic mass is 10.3. The van der Waals surface area contributed by atoms with Crippen LogP contribution in [0.4, 0.5) is 4.79 Å². The van der Waals surface area contributed by atoms with Gasteiger partial charge in [0.05, 0.1) is 13.2 Å². The molecule has 1 aromatic rings. The molecule has 0 radical (unpaired) electrons. The highest BCUT2D eigenvalue weighted by molar-refractivity contribution is 14.0. The van der Waals surface area contributed by atoms with Gasteiger partial charge in [-0.25, -0.2) is 9.78 Å². The Hall–Kier alpha value is -1.78. The molecule has 2 heterocycles. The minimum Gasteiger partial charge on any atom is -0.478 e. The average Bonchev–Trinajstić information content (AvgIpc) is 2.68. The lowest BCUT2D eigenvalue weighted by Crippen LogP contribution is -2.53. The maximum atomic E-state index is 11.8. The molecule has 0 bridgehead atoms. The number of carbonyl (C=O) groups excluding carboxylic acids is 1. The van der Waals surface area contributed by atoms with Crippen LogP contribution < -0.4 is 10.1 Å². The van der Waals surface area contributed by atoms with Gasteiger partial charge in [-0.05, 0) is 18.9 Å². The van der Waals surface area contributed by atoms with E-state index in [1.807, 2.05) is 25.3 Å². The summed E-state index contributed by atoms with van der Waals surface area (Å²) in [4.78, 5) is 24.3. The van der Waals surface area contributed by atoms with Crippen LogP contribution in [0.15, 0.2) is 23.3 Å². The molecule has 27 heavy (non-hydrogen) atoms. The zero-order valence-corrected chi connectivity index (χ0v) is 18.6. The van der Waals surface area contributed by atoms with E-state index in [-0.39, 0.29) is 30.1 Å². The van der Waals surface area contributed by atoms with E-state index >= 15 is 0 Å². The van der Waals surface area contributed by atoms with E-state index in [1.165, 1.54) is 0 Å². The fourth-order valence-electron chi connectivity index (χ4n) is 2.64. The number of carbonyl (C=O) groups is 1. The topological polar surface area (TPSA) is 79.3 Å². The monoisotopic (exact) mass is 491 g/mol. The van der Waals surface area contributed by atoms with E-state index < -0.39 is 0 Å². The lowest BCUT2D eigenvalue weighted by molar-refractivity contribution is 0.0914. The molecule has 1 aliphatic heterocycles. The van der Waals surface area contributed by atoms with Crippen molar-refractivity contribution >= 4 is 36.0 Å². The van der Waals surface area contributed by atoms with E-state index in [9.17, 15) is 4.79 Å². The number of halogens is 1. The van der Waals surface area contributed by atoms with Crippen LogP contribution >= 0.6 is 24.0 Å². The second-order valence-electron chi connectivity index (χ2n) is 5.93. The van der Waals surface area contributed by atoms with Gasteiger partial charge in [-0.15, -0.1) is 24.0 Å². The number of piperazine rings is 1. The van der Waals surface area contributed by atoms with Gasteiger partial charge in [0.1, 0.15) is 0 Å². The molecule has 0 atom stereocenters. The van der Waals surface area contributed by atoms with Gasteiger partial charge in [0.15, 0.2) is 5.96 Å². The number of amides is 1. The normalized spacial score (nSPS) is 14.4. The fourth-order valence-corrected chi connectivity index (χ4v) is 2.64. The zero-order valence-electron chi connectivity index (χ0n) is 16.3. The number of nitrogens with zero attached hydrogens (tertiary/aromatic N) is 4. The number of aliphatic imine (C=N–C) groups is 1. The molecule has 0 aliphatic carbocycles. The Kier molecular flexibility index (Phi) is 10.8. The van der Waals surface area contributed by atoms with Crippen molar-refractivity contribution in [2.24, 2.45) is 4.99 Å². The van der Waals surface area contributed by atoms with Crippen LogP contribution in [0, 0.1) is 0 Å². The second kappa shape index (κ2) is 12.6. The number of aromatic nitrogens is 1. The van der Waals surface area contributed by atoms with Crippen LogP contribution in [0.3, 0.4) is 0 Å². The fraction of sp³-hybridized carbons (Fsp3) is 0.611. The van der Waals surface area contributed by atoms with Crippen molar-refractivity contribution in [3.8, 4) is 5.88 Å². The lowest BCUT2D eigenvalue weighted by Gasteiger charge is -2.35. The van der Waals surface area contributed by atoms with Gasteiger partial charge >= 0.3 is 6.09 Å². The predicted molar refractivity (Wildman–Crippen MR) is 116 cm³/mol. The first-order valence-electron chi connectivity index (χ1n) is 9.13. The third-order valence-electron chi connectivity index (χ3n) is 4.02. The summed E-state index contributed by atoms with van der Waals surface area (Å²) in [6.45, 7) is 8.29. The van der Waals surface area contributed by atoms with Crippen LogP contribution in [0.1, 0.15) is 25.8 Å². The Morgan fingerprint density at radius 1 is 1.22 bits per heavy atom. The number of hydrogen-bond acceptors (Lipinski definition) is 5. The van der Waals surface area contributed by atoms with Crippen molar-refractivity contribution < 1.29 is 14.3 Å². The molecule has 0 aromatic carbocycles. The molecule has 1 amide bonds. The highest BCUT2D eigenvalue weighted by atomic mass is 127. The molecule has 8 nitrogen and oxygen atoms in total. The zero-order chi connectivity index (χ0) is 18.8. The molecular formula is C18H30IN5O3. The Morgan fingerprint density at radius 3 is 2.48 bits per heavy atom. The molecular weight excluding hydrogens is 461 g/mol. The summed E-state index contributed by atoms with van der Waals surface area (Å²) in [5.74, 6) is 1.47. The predicted octanol–water partition coefficient (Wildman–Crippen LogP) is 2.34. The van der Waals surface area contributed by atoms with Gasteiger partial charge in [-0.1, -0.05) is 13.0 Å². The van der Waals surface area contributed by atoms with Gasteiger partial charge < -0.3 is 24.6 Å². The smallest absolute Gasteiger partial charge is 0.409 e. The van der Waals surface area contributed by atoms with Crippen molar-refractivity contribution in [3.63, 3.8) is 0 Å². The summed E-state index contributed by atoms with van der Waals surface area (Å²) in [7, 11) is 1.76. The first-order chi connectivity index (χ1) is 12.7. The second-order valence-corrected chi connectivity index (χ2v) is 5.93. The first kappa shape index (κ1) is 23.3.